The predicted octanol–water partition coefficient (Wildman–Crippen LogP) is 4.25. The van der Waals surface area contributed by atoms with Gasteiger partial charge in [0, 0.05) is 48.5 Å². The number of nitrogens with zero attached hydrogens (tertiary/aromatic N) is 2. The molecule has 1 N–H and O–H groups in total. The lowest BCUT2D eigenvalue weighted by atomic mass is 10.0. The highest BCUT2D eigenvalue weighted by molar-refractivity contribution is 7.21. The van der Waals surface area contributed by atoms with Gasteiger partial charge in [0.15, 0.2) is 0 Å². The van der Waals surface area contributed by atoms with E-state index in [1.165, 1.54) is 17.4 Å². The number of nitrogens with one attached hydrogen (secondary N) is 1. The van der Waals surface area contributed by atoms with Gasteiger partial charge in [-0.3, -0.25) is 9.59 Å². The summed E-state index contributed by atoms with van der Waals surface area (Å²) in [6.07, 6.45) is 3.14. The third kappa shape index (κ3) is 3.93. The number of amides is 2. The Balaban J connectivity index is 1.07. The monoisotopic (exact) mass is 463 g/mol. The molecule has 2 aliphatic heterocycles. The summed E-state index contributed by atoms with van der Waals surface area (Å²) < 4.78 is 14.6. The molecular weight excluding hydrogens is 437 g/mol. The fraction of sp³-hybridized carbons (Fsp3) is 0.385. The lowest BCUT2D eigenvalue weighted by molar-refractivity contribution is 0.0556. The van der Waals surface area contributed by atoms with Gasteiger partial charge in [0.25, 0.3) is 11.8 Å². The first-order valence-corrected chi connectivity index (χ1v) is 12.5. The number of benzene rings is 2. The molecule has 1 saturated carbocycles. The summed E-state index contributed by atoms with van der Waals surface area (Å²) in [5.74, 6) is 0.336. The van der Waals surface area contributed by atoms with Crippen LogP contribution in [0.1, 0.15) is 50.8 Å². The zero-order valence-corrected chi connectivity index (χ0v) is 19.1. The molecule has 3 aromatic rings. The van der Waals surface area contributed by atoms with Crippen LogP contribution >= 0.6 is 11.3 Å². The van der Waals surface area contributed by atoms with Crippen molar-refractivity contribution >= 4 is 33.2 Å². The van der Waals surface area contributed by atoms with Crippen LogP contribution in [0.3, 0.4) is 0 Å². The van der Waals surface area contributed by atoms with Gasteiger partial charge in [-0.15, -0.1) is 11.3 Å². The van der Waals surface area contributed by atoms with E-state index < -0.39 is 0 Å². The first-order chi connectivity index (χ1) is 16.1. The lowest BCUT2D eigenvalue weighted by Gasteiger charge is -2.41. The van der Waals surface area contributed by atoms with Gasteiger partial charge in [0.05, 0.1) is 4.88 Å². The third-order valence-corrected chi connectivity index (χ3v) is 8.16. The molecule has 0 spiro atoms. The Morgan fingerprint density at radius 2 is 1.67 bits per heavy atom. The number of thiophene rings is 1. The quantitative estimate of drug-likeness (QED) is 0.616. The Hall–Kier alpha value is -2.77. The molecule has 170 valence electrons. The number of carbonyl (C=O) groups excluding carboxylic acids is 2. The lowest BCUT2D eigenvalue weighted by Crippen LogP contribution is -2.62. The van der Waals surface area contributed by atoms with E-state index >= 15 is 0 Å². The van der Waals surface area contributed by atoms with Crippen molar-refractivity contribution in [3.63, 3.8) is 0 Å². The largest absolute Gasteiger partial charge is 0.337 e. The Bertz CT molecular complexity index is 1220. The standard InChI is InChI=1S/C26H26FN3O2S/c27-18-8-9-21-22(12-18)33-24(23(21)16-6-7-16)26(32)30-14-20(15-30)28-19-10-11-29(13-19)25(31)17-4-2-1-3-5-17/h1-5,8-9,12,16,19-20,28H,6-7,10-11,13-15H2/t19-/m0/s1. The number of hydrogen-bond acceptors (Lipinski definition) is 4. The average Bonchev–Trinajstić information content (AvgIpc) is 3.40. The summed E-state index contributed by atoms with van der Waals surface area (Å²) >= 11 is 1.43. The van der Waals surface area contributed by atoms with E-state index in [0.717, 1.165) is 51.9 Å². The van der Waals surface area contributed by atoms with Gasteiger partial charge >= 0.3 is 0 Å². The molecule has 1 atom stereocenters. The van der Waals surface area contributed by atoms with Gasteiger partial charge < -0.3 is 15.1 Å². The van der Waals surface area contributed by atoms with Crippen LogP contribution in [-0.2, 0) is 0 Å². The zero-order valence-electron chi connectivity index (χ0n) is 18.3. The summed E-state index contributed by atoms with van der Waals surface area (Å²) in [7, 11) is 0. The molecule has 7 heteroatoms. The van der Waals surface area contributed by atoms with E-state index in [1.54, 1.807) is 6.07 Å². The van der Waals surface area contributed by atoms with Gasteiger partial charge in [0.2, 0.25) is 0 Å². The Morgan fingerprint density at radius 1 is 0.909 bits per heavy atom. The fourth-order valence-electron chi connectivity index (χ4n) is 5.10. The minimum absolute atomic E-state index is 0.0730. The predicted molar refractivity (Wildman–Crippen MR) is 127 cm³/mol. The van der Waals surface area contributed by atoms with Crippen LogP contribution in [0.5, 0.6) is 0 Å². The van der Waals surface area contributed by atoms with E-state index in [9.17, 15) is 14.0 Å². The summed E-state index contributed by atoms with van der Waals surface area (Å²) in [4.78, 5) is 30.5. The number of halogens is 1. The van der Waals surface area contributed by atoms with Crippen LogP contribution in [0.4, 0.5) is 4.39 Å². The van der Waals surface area contributed by atoms with Crippen molar-refractivity contribution < 1.29 is 14.0 Å². The summed E-state index contributed by atoms with van der Waals surface area (Å²) in [5, 5.41) is 4.68. The van der Waals surface area contributed by atoms with E-state index in [0.29, 0.717) is 25.6 Å². The average molecular weight is 464 g/mol. The second kappa shape index (κ2) is 8.22. The Morgan fingerprint density at radius 3 is 2.42 bits per heavy atom. The SMILES string of the molecule is O=C(c1ccccc1)N1CC[C@H](NC2CN(C(=O)c3sc4cc(F)ccc4c3C3CC3)C2)C1. The van der Waals surface area contributed by atoms with Gasteiger partial charge in [-0.1, -0.05) is 24.3 Å². The second-order valence-electron chi connectivity index (χ2n) is 9.44. The Kier molecular flexibility index (Phi) is 5.18. The van der Waals surface area contributed by atoms with Crippen molar-refractivity contribution in [3.05, 3.63) is 70.4 Å². The van der Waals surface area contributed by atoms with Crippen molar-refractivity contribution in [2.75, 3.05) is 26.2 Å². The van der Waals surface area contributed by atoms with E-state index in [2.05, 4.69) is 5.32 Å². The molecular formula is C26H26FN3O2S. The number of likely N-dealkylation sites (tertiary alicyclic amines) is 2. The number of fused-ring (bicyclic) bond motifs is 1. The van der Waals surface area contributed by atoms with E-state index in [-0.39, 0.29) is 29.7 Å². The fourth-order valence-corrected chi connectivity index (χ4v) is 6.38. The molecule has 3 fully saturated rings. The smallest absolute Gasteiger partial charge is 0.264 e. The minimum atomic E-state index is -0.255. The summed E-state index contributed by atoms with van der Waals surface area (Å²) in [6.45, 7) is 2.80. The maximum atomic E-state index is 13.7. The van der Waals surface area contributed by atoms with Gasteiger partial charge in [0.1, 0.15) is 5.82 Å². The van der Waals surface area contributed by atoms with Crippen molar-refractivity contribution in [3.8, 4) is 0 Å². The molecule has 0 bridgehead atoms. The molecule has 6 rings (SSSR count). The molecule has 0 radical (unpaired) electrons. The minimum Gasteiger partial charge on any atom is -0.337 e. The first kappa shape index (κ1) is 20.8. The zero-order chi connectivity index (χ0) is 22.5. The molecule has 5 nitrogen and oxygen atoms in total. The third-order valence-electron chi connectivity index (χ3n) is 7.01. The topological polar surface area (TPSA) is 52.7 Å². The van der Waals surface area contributed by atoms with E-state index in [4.69, 9.17) is 0 Å². The summed E-state index contributed by atoms with van der Waals surface area (Å²) in [6, 6.07) is 14.8. The molecule has 2 amide bonds. The van der Waals surface area contributed by atoms with Crippen LogP contribution in [-0.4, -0.2) is 59.9 Å². The first-order valence-electron chi connectivity index (χ1n) is 11.7. The number of rotatable bonds is 5. The highest BCUT2D eigenvalue weighted by atomic mass is 32.1. The normalized spacial score (nSPS) is 20.9. The molecule has 0 unspecified atom stereocenters. The van der Waals surface area contributed by atoms with Gasteiger partial charge in [-0.05, 0) is 60.4 Å². The molecule has 1 aliphatic carbocycles. The molecule has 3 heterocycles. The molecule has 2 saturated heterocycles. The van der Waals surface area contributed by atoms with Gasteiger partial charge in [-0.25, -0.2) is 4.39 Å². The van der Waals surface area contributed by atoms with Crippen LogP contribution < -0.4 is 5.32 Å². The van der Waals surface area contributed by atoms with Crippen LogP contribution in [0.2, 0.25) is 0 Å². The van der Waals surface area contributed by atoms with Crippen LogP contribution in [0, 0.1) is 5.82 Å². The molecule has 33 heavy (non-hydrogen) atoms. The van der Waals surface area contributed by atoms with Crippen LogP contribution in [0.15, 0.2) is 48.5 Å². The summed E-state index contributed by atoms with van der Waals surface area (Å²) in [5.41, 5.74) is 1.86. The van der Waals surface area contributed by atoms with Crippen molar-refractivity contribution in [1.82, 2.24) is 15.1 Å². The molecule has 3 aliphatic rings. The molecule has 1 aromatic heterocycles. The van der Waals surface area contributed by atoms with Crippen molar-refractivity contribution in [2.45, 2.75) is 37.3 Å². The van der Waals surface area contributed by atoms with Crippen molar-refractivity contribution in [1.29, 1.82) is 0 Å². The maximum Gasteiger partial charge on any atom is 0.264 e. The van der Waals surface area contributed by atoms with Crippen LogP contribution in [0.25, 0.3) is 10.1 Å². The number of hydrogen-bond donors (Lipinski definition) is 1. The number of carbonyl (C=O) groups is 2. The maximum absolute atomic E-state index is 13.7. The molecule has 2 aromatic carbocycles. The highest BCUT2D eigenvalue weighted by Gasteiger charge is 2.38. The van der Waals surface area contributed by atoms with Gasteiger partial charge in [-0.2, -0.15) is 0 Å². The van der Waals surface area contributed by atoms with Crippen molar-refractivity contribution in [2.24, 2.45) is 0 Å². The highest BCUT2D eigenvalue weighted by Crippen LogP contribution is 2.48. The second-order valence-corrected chi connectivity index (χ2v) is 10.5. The Labute approximate surface area is 196 Å². The van der Waals surface area contributed by atoms with E-state index in [1.807, 2.05) is 46.2 Å².